The Morgan fingerprint density at radius 2 is 1.05 bits per heavy atom. The summed E-state index contributed by atoms with van der Waals surface area (Å²) >= 11 is 3.54. The topological polar surface area (TPSA) is 122 Å². The summed E-state index contributed by atoms with van der Waals surface area (Å²) in [4.78, 5) is 56.3. The van der Waals surface area contributed by atoms with Gasteiger partial charge in [0, 0.05) is 80.1 Å². The molecular formula is C50H50BBrN4O6. The Bertz CT molecular complexity index is 2690. The summed E-state index contributed by atoms with van der Waals surface area (Å²) in [5, 5.41) is 22.3. The van der Waals surface area contributed by atoms with Crippen molar-refractivity contribution in [2.75, 3.05) is 40.3 Å². The molecule has 6 aromatic carbocycles. The summed E-state index contributed by atoms with van der Waals surface area (Å²) in [6.07, 6.45) is 6.91. The fraction of sp³-hybridized carbons (Fsp3) is 0.280. The third-order valence-corrected chi connectivity index (χ3v) is 13.0. The molecular weight excluding hydrogens is 843 g/mol. The number of nitrogens with zero attached hydrogens (tertiary/aromatic N) is 4. The van der Waals surface area contributed by atoms with Gasteiger partial charge in [0.15, 0.2) is 0 Å². The zero-order valence-electron chi connectivity index (χ0n) is 35.1. The quantitative estimate of drug-likeness (QED) is 0.174. The SMILES string of the molecule is CN1Cc2cc(-c3cccc4cc(C(=O)N5CCCCC5)ccc34)ccc2C1=O.CN1Cc2cc(B(O)O)ccc2C1=O.O=C(c1ccc2c(Br)cccc2c1)N1CCCCC1. The smallest absolute Gasteiger partial charge is 0.423 e. The Kier molecular flexibility index (Phi) is 12.9. The Morgan fingerprint density at radius 3 is 1.61 bits per heavy atom. The number of carbonyl (C=O) groups excluding carboxylic acids is 4. The highest BCUT2D eigenvalue weighted by Gasteiger charge is 2.27. The highest BCUT2D eigenvalue weighted by atomic mass is 79.9. The molecule has 316 valence electrons. The van der Waals surface area contributed by atoms with E-state index >= 15 is 0 Å². The first-order chi connectivity index (χ1) is 30.0. The Labute approximate surface area is 371 Å². The number of rotatable bonds is 4. The maximum Gasteiger partial charge on any atom is 0.488 e. The predicted molar refractivity (Wildman–Crippen MR) is 248 cm³/mol. The van der Waals surface area contributed by atoms with Crippen LogP contribution in [0.4, 0.5) is 0 Å². The number of halogens is 1. The summed E-state index contributed by atoms with van der Waals surface area (Å²) in [6, 6.07) is 35.2. The number of likely N-dealkylation sites (tertiary alicyclic amines) is 2. The first kappa shape index (κ1) is 42.9. The molecule has 0 bridgehead atoms. The minimum absolute atomic E-state index is 0.0148. The van der Waals surface area contributed by atoms with Gasteiger partial charge >= 0.3 is 7.12 Å². The Morgan fingerprint density at radius 1 is 0.548 bits per heavy atom. The summed E-state index contributed by atoms with van der Waals surface area (Å²) in [5.41, 5.74) is 7.59. The van der Waals surface area contributed by atoms with E-state index in [4.69, 9.17) is 10.0 Å². The molecule has 2 N–H and O–H groups in total. The van der Waals surface area contributed by atoms with Crippen LogP contribution in [0.25, 0.3) is 32.7 Å². The average molecular weight is 894 g/mol. The van der Waals surface area contributed by atoms with Crippen molar-refractivity contribution in [3.63, 3.8) is 0 Å². The van der Waals surface area contributed by atoms with Gasteiger partial charge in [0.2, 0.25) is 0 Å². The van der Waals surface area contributed by atoms with Crippen LogP contribution in [0.3, 0.4) is 0 Å². The molecule has 0 saturated carbocycles. The van der Waals surface area contributed by atoms with E-state index in [9.17, 15) is 19.2 Å². The van der Waals surface area contributed by atoms with Crippen LogP contribution in [0, 0.1) is 0 Å². The van der Waals surface area contributed by atoms with Gasteiger partial charge in [-0.05, 0) is 136 Å². The molecule has 0 aromatic heterocycles. The van der Waals surface area contributed by atoms with Crippen molar-refractivity contribution in [2.24, 2.45) is 0 Å². The molecule has 0 aliphatic carbocycles. The van der Waals surface area contributed by atoms with Gasteiger partial charge in [0.25, 0.3) is 23.6 Å². The van der Waals surface area contributed by atoms with E-state index in [1.807, 2.05) is 83.6 Å². The molecule has 0 unspecified atom stereocenters. The summed E-state index contributed by atoms with van der Waals surface area (Å²) in [5.74, 6) is 0.377. The maximum atomic E-state index is 12.9. The van der Waals surface area contributed by atoms with Crippen LogP contribution in [0.2, 0.25) is 0 Å². The lowest BCUT2D eigenvalue weighted by Crippen LogP contribution is -2.35. The molecule has 6 aromatic rings. The number of hydrogen-bond donors (Lipinski definition) is 2. The second kappa shape index (κ2) is 18.7. The lowest BCUT2D eigenvalue weighted by atomic mass is 9.79. The number of hydrogen-bond acceptors (Lipinski definition) is 6. The monoisotopic (exact) mass is 892 g/mol. The minimum Gasteiger partial charge on any atom is -0.423 e. The summed E-state index contributed by atoms with van der Waals surface area (Å²) in [7, 11) is 2.08. The number of benzene rings is 6. The van der Waals surface area contributed by atoms with Gasteiger partial charge < -0.3 is 29.6 Å². The zero-order chi connectivity index (χ0) is 43.5. The van der Waals surface area contributed by atoms with Crippen LogP contribution in [-0.2, 0) is 13.1 Å². The zero-order valence-corrected chi connectivity index (χ0v) is 36.7. The second-order valence-electron chi connectivity index (χ2n) is 16.6. The molecule has 10 nitrogen and oxygen atoms in total. The molecule has 10 rings (SSSR count). The van der Waals surface area contributed by atoms with Gasteiger partial charge in [-0.25, -0.2) is 0 Å². The molecule has 0 atom stereocenters. The highest BCUT2D eigenvalue weighted by Crippen LogP contribution is 2.33. The van der Waals surface area contributed by atoms with Gasteiger partial charge in [-0.1, -0.05) is 76.6 Å². The van der Waals surface area contributed by atoms with E-state index in [0.29, 0.717) is 24.1 Å². The van der Waals surface area contributed by atoms with Gasteiger partial charge in [-0.2, -0.15) is 0 Å². The number of fused-ring (bicyclic) bond motifs is 4. The van der Waals surface area contributed by atoms with Crippen LogP contribution in [0.15, 0.2) is 114 Å². The van der Waals surface area contributed by atoms with Crippen molar-refractivity contribution < 1.29 is 29.2 Å². The first-order valence-corrected chi connectivity index (χ1v) is 22.2. The van der Waals surface area contributed by atoms with Crippen molar-refractivity contribution in [3.05, 3.63) is 147 Å². The fourth-order valence-corrected chi connectivity index (χ4v) is 9.40. The molecule has 4 aliphatic heterocycles. The van der Waals surface area contributed by atoms with Crippen molar-refractivity contribution in [1.82, 2.24) is 19.6 Å². The molecule has 4 aliphatic rings. The number of carbonyl (C=O) groups is 4. The maximum absolute atomic E-state index is 12.9. The summed E-state index contributed by atoms with van der Waals surface area (Å²) < 4.78 is 1.07. The van der Waals surface area contributed by atoms with E-state index in [2.05, 4.69) is 40.2 Å². The van der Waals surface area contributed by atoms with Crippen LogP contribution in [0.5, 0.6) is 0 Å². The van der Waals surface area contributed by atoms with E-state index in [0.717, 1.165) is 117 Å². The van der Waals surface area contributed by atoms with Crippen molar-refractivity contribution in [3.8, 4) is 11.1 Å². The molecule has 2 saturated heterocycles. The highest BCUT2D eigenvalue weighted by molar-refractivity contribution is 9.10. The van der Waals surface area contributed by atoms with Gasteiger partial charge in [0.05, 0.1) is 0 Å². The Hall–Kier alpha value is -5.82. The summed E-state index contributed by atoms with van der Waals surface area (Å²) in [6.45, 7) is 4.71. The van der Waals surface area contributed by atoms with Crippen molar-refractivity contribution >= 4 is 73.7 Å². The van der Waals surface area contributed by atoms with Gasteiger partial charge in [-0.15, -0.1) is 0 Å². The lowest BCUT2D eigenvalue weighted by molar-refractivity contribution is 0.0717. The lowest BCUT2D eigenvalue weighted by Gasteiger charge is -2.26. The molecule has 2 fully saturated rings. The van der Waals surface area contributed by atoms with Crippen LogP contribution in [-0.4, -0.2) is 101 Å². The van der Waals surface area contributed by atoms with E-state index in [1.54, 1.807) is 35.0 Å². The number of piperidine rings is 2. The van der Waals surface area contributed by atoms with E-state index in [1.165, 1.54) is 12.8 Å². The predicted octanol–water partition coefficient (Wildman–Crippen LogP) is 7.90. The number of amides is 4. The van der Waals surface area contributed by atoms with Gasteiger partial charge in [-0.3, -0.25) is 19.2 Å². The molecule has 0 spiro atoms. The van der Waals surface area contributed by atoms with Crippen molar-refractivity contribution in [1.29, 1.82) is 0 Å². The Balaban J connectivity index is 0.000000138. The van der Waals surface area contributed by atoms with E-state index in [-0.39, 0.29) is 23.6 Å². The van der Waals surface area contributed by atoms with Crippen molar-refractivity contribution in [2.45, 2.75) is 51.6 Å². The first-order valence-electron chi connectivity index (χ1n) is 21.4. The normalized spacial score (nSPS) is 15.8. The average Bonchev–Trinajstić information content (AvgIpc) is 3.76. The molecule has 4 amide bonds. The third kappa shape index (κ3) is 9.04. The molecule has 4 heterocycles. The second-order valence-corrected chi connectivity index (χ2v) is 17.5. The van der Waals surface area contributed by atoms with Gasteiger partial charge in [0.1, 0.15) is 0 Å². The molecule has 62 heavy (non-hydrogen) atoms. The van der Waals surface area contributed by atoms with E-state index < -0.39 is 7.12 Å². The van der Waals surface area contributed by atoms with Crippen LogP contribution >= 0.6 is 15.9 Å². The van der Waals surface area contributed by atoms with Crippen LogP contribution < -0.4 is 5.46 Å². The molecule has 12 heteroatoms. The van der Waals surface area contributed by atoms with Crippen LogP contribution in [0.1, 0.15) is 91.1 Å². The fourth-order valence-electron chi connectivity index (χ4n) is 8.89. The standard InChI is InChI=1S/C25H24N2O2.C16H16BrNO.C9H10BNO3/c1-26-16-20-15-18(8-11-23(20)25(26)29)21-7-5-6-17-14-19(9-10-22(17)21)24(28)27-12-3-2-4-13-27;17-15-6-4-5-12-11-13(7-8-14(12)15)16(19)18-9-2-1-3-10-18;1-11-5-6-4-7(10(13)14)2-3-8(6)9(11)12/h5-11,14-15H,2-4,12-13,16H2,1H3;4-8,11H,1-3,9-10H2;2-4,13-14H,5H2,1H3. The third-order valence-electron chi connectivity index (χ3n) is 12.3. The largest absolute Gasteiger partial charge is 0.488 e. The minimum atomic E-state index is -1.47. The molecule has 0 radical (unpaired) electrons.